The quantitative estimate of drug-likeness (QED) is 0.0742. The molecule has 0 aliphatic heterocycles. The molecule has 0 atom stereocenters. The number of thiophene rings is 1. The first-order valence-corrected chi connectivity index (χ1v) is 14.7. The van der Waals surface area contributed by atoms with E-state index in [-0.39, 0.29) is 43.5 Å². The molecule has 0 saturated heterocycles. The molecular formula is C34H34IrN3O2S-. The molecule has 0 spiro atoms. The summed E-state index contributed by atoms with van der Waals surface area (Å²) in [6, 6.07) is 23.9. The van der Waals surface area contributed by atoms with E-state index >= 15 is 0 Å². The van der Waals surface area contributed by atoms with E-state index in [2.05, 4.69) is 40.3 Å². The number of carbonyl (C=O) groups excluding carboxylic acids is 1. The molecule has 0 amide bonds. The fourth-order valence-corrected chi connectivity index (χ4v) is 5.98. The first-order valence-electron chi connectivity index (χ1n) is 13.9. The van der Waals surface area contributed by atoms with Crippen LogP contribution in [0.3, 0.4) is 0 Å². The van der Waals surface area contributed by atoms with Gasteiger partial charge in [-0.1, -0.05) is 70.2 Å². The molecule has 5 aromatic rings. The number of hydrogen-bond acceptors (Lipinski definition) is 6. The van der Waals surface area contributed by atoms with Crippen LogP contribution in [0.5, 0.6) is 0 Å². The predicted octanol–water partition coefficient (Wildman–Crippen LogP) is 9.20. The van der Waals surface area contributed by atoms with Gasteiger partial charge >= 0.3 is 0 Å². The van der Waals surface area contributed by atoms with Crippen LogP contribution < -0.4 is 0 Å². The van der Waals surface area contributed by atoms with Gasteiger partial charge in [-0.15, -0.1) is 23.6 Å². The molecular weight excluding hydrogens is 707 g/mol. The molecule has 3 aromatic carbocycles. The van der Waals surface area contributed by atoms with Crippen LogP contribution in [0.1, 0.15) is 58.9 Å². The summed E-state index contributed by atoms with van der Waals surface area (Å²) in [6.07, 6.45) is 6.44. The molecule has 1 N–H and O–H groups in total. The van der Waals surface area contributed by atoms with Crippen LogP contribution in [0.4, 0.5) is 0 Å². The summed E-state index contributed by atoms with van der Waals surface area (Å²) >= 11 is 1.66. The monoisotopic (exact) mass is 741 g/mol. The number of aliphatic hydroxyl groups excluding tert-OH is 1. The molecule has 2 aromatic heterocycles. The van der Waals surface area contributed by atoms with Gasteiger partial charge in [-0.2, -0.15) is 5.26 Å². The Hall–Kier alpha value is -3.43. The number of aromatic nitrogens is 2. The summed E-state index contributed by atoms with van der Waals surface area (Å²) in [5, 5.41) is 23.4. The van der Waals surface area contributed by atoms with Crippen molar-refractivity contribution in [1.82, 2.24) is 9.97 Å². The third-order valence-corrected chi connectivity index (χ3v) is 8.48. The van der Waals surface area contributed by atoms with Crippen molar-refractivity contribution in [2.45, 2.75) is 53.4 Å². The van der Waals surface area contributed by atoms with Crippen molar-refractivity contribution in [3.05, 3.63) is 84.4 Å². The van der Waals surface area contributed by atoms with Gasteiger partial charge < -0.3 is 5.11 Å². The number of hydrogen-bond donors (Lipinski definition) is 1. The Balaban J connectivity index is 0.000000253. The second kappa shape index (κ2) is 15.0. The van der Waals surface area contributed by atoms with Crippen LogP contribution >= 0.6 is 11.3 Å². The molecule has 5 nitrogen and oxygen atoms in total. The molecule has 0 saturated carbocycles. The molecule has 213 valence electrons. The number of fused-ring (bicyclic) bond motifs is 3. The van der Waals surface area contributed by atoms with Crippen molar-refractivity contribution in [3.63, 3.8) is 0 Å². The van der Waals surface area contributed by atoms with Crippen LogP contribution in [0.15, 0.2) is 72.8 Å². The molecule has 41 heavy (non-hydrogen) atoms. The topological polar surface area (TPSA) is 86.9 Å². The van der Waals surface area contributed by atoms with Crippen LogP contribution in [0.25, 0.3) is 42.3 Å². The number of benzene rings is 3. The van der Waals surface area contributed by atoms with Gasteiger partial charge in [0.2, 0.25) is 0 Å². The van der Waals surface area contributed by atoms with E-state index in [1.54, 1.807) is 11.3 Å². The van der Waals surface area contributed by atoms with E-state index in [9.17, 15) is 15.2 Å². The van der Waals surface area contributed by atoms with Crippen molar-refractivity contribution in [2.75, 3.05) is 0 Å². The second-order valence-corrected chi connectivity index (χ2v) is 10.8. The van der Waals surface area contributed by atoms with E-state index in [4.69, 9.17) is 0 Å². The molecule has 1 radical (unpaired) electrons. The van der Waals surface area contributed by atoms with E-state index in [1.807, 2.05) is 64.1 Å². The zero-order valence-electron chi connectivity index (χ0n) is 23.8. The summed E-state index contributed by atoms with van der Waals surface area (Å²) in [7, 11) is 0. The minimum absolute atomic E-state index is 0. The van der Waals surface area contributed by atoms with Crippen molar-refractivity contribution in [1.29, 1.82) is 5.26 Å². The number of nitriles is 1. The number of carbonyl (C=O) groups is 1. The van der Waals surface area contributed by atoms with Crippen molar-refractivity contribution in [3.8, 4) is 16.6 Å². The molecule has 0 bridgehead atoms. The van der Waals surface area contributed by atoms with Gasteiger partial charge in [-0.25, -0.2) is 16.3 Å². The van der Waals surface area contributed by atoms with Gasteiger partial charge in [-0.3, -0.25) is 9.78 Å². The van der Waals surface area contributed by atoms with Gasteiger partial charge in [0.05, 0.1) is 16.8 Å². The number of ketones is 1. The summed E-state index contributed by atoms with van der Waals surface area (Å²) in [5.41, 5.74) is 2.11. The van der Waals surface area contributed by atoms with Crippen molar-refractivity contribution >= 4 is 48.9 Å². The first kappa shape index (κ1) is 32.1. The molecule has 7 heteroatoms. The fourth-order valence-electron chi connectivity index (χ4n) is 4.96. The van der Waals surface area contributed by atoms with Gasteiger partial charge in [0, 0.05) is 49.1 Å². The minimum Gasteiger partial charge on any atom is -0.512 e. The number of allylic oxidation sites excluding steroid dienone is 2. The largest absolute Gasteiger partial charge is 0.512 e. The van der Waals surface area contributed by atoms with Crippen molar-refractivity contribution < 1.29 is 30.0 Å². The van der Waals surface area contributed by atoms with E-state index in [0.717, 1.165) is 57.8 Å². The van der Waals surface area contributed by atoms with Gasteiger partial charge in [0.15, 0.2) is 5.78 Å². The fraction of sp³-hybridized carbons (Fsp3) is 0.294. The number of aliphatic hydroxyl groups is 1. The average Bonchev–Trinajstić information content (AvgIpc) is 3.41. The van der Waals surface area contributed by atoms with Crippen LogP contribution in [0.2, 0.25) is 0 Å². The zero-order chi connectivity index (χ0) is 28.6. The van der Waals surface area contributed by atoms with Gasteiger partial charge in [-0.05, 0) is 46.0 Å². The summed E-state index contributed by atoms with van der Waals surface area (Å²) in [4.78, 5) is 21.6. The molecule has 5 rings (SSSR count). The van der Waals surface area contributed by atoms with Crippen LogP contribution in [-0.4, -0.2) is 20.9 Å². The van der Waals surface area contributed by atoms with E-state index in [1.165, 1.54) is 17.1 Å². The smallest absolute Gasteiger partial charge is 0.162 e. The Morgan fingerprint density at radius 1 is 0.976 bits per heavy atom. The summed E-state index contributed by atoms with van der Waals surface area (Å²) in [5.74, 6) is 0.547. The summed E-state index contributed by atoms with van der Waals surface area (Å²) in [6.45, 7) is 8.07. The Labute approximate surface area is 259 Å². The standard InChI is InChI=1S/C21H10N3S.C13H24O2.Ir/c22-11-17-15-7-3-1-5-13(15)9-16-20(17)23-12-24-21(16)19-10-14-6-2-4-8-18(14)25-19;1-5-10(6-2)12(14)9-13(15)11(7-3)8-4;/h1-9,12H;9-11,14H,5-8H2,1-4H3;/q-1;;/b;12-9-;. The third kappa shape index (κ3) is 7.08. The maximum atomic E-state index is 11.7. The van der Waals surface area contributed by atoms with Gasteiger partial charge in [0.1, 0.15) is 12.4 Å². The van der Waals surface area contributed by atoms with Gasteiger partial charge in [0.25, 0.3) is 0 Å². The maximum absolute atomic E-state index is 11.7. The van der Waals surface area contributed by atoms with E-state index < -0.39 is 0 Å². The van der Waals surface area contributed by atoms with Crippen molar-refractivity contribution in [2.24, 2.45) is 11.8 Å². The minimum atomic E-state index is 0. The number of rotatable bonds is 8. The van der Waals surface area contributed by atoms with E-state index in [0.29, 0.717) is 11.1 Å². The maximum Gasteiger partial charge on any atom is 0.162 e. The summed E-state index contributed by atoms with van der Waals surface area (Å²) < 4.78 is 1.17. The van der Waals surface area contributed by atoms with Crippen LogP contribution in [0, 0.1) is 29.2 Å². The Morgan fingerprint density at radius 2 is 1.63 bits per heavy atom. The molecule has 0 aliphatic rings. The zero-order valence-corrected chi connectivity index (χ0v) is 27.0. The third-order valence-electron chi connectivity index (χ3n) is 7.41. The molecule has 0 fully saturated rings. The Bertz CT molecular complexity index is 1680. The van der Waals surface area contributed by atoms with Crippen LogP contribution in [-0.2, 0) is 24.9 Å². The first-order chi connectivity index (χ1) is 19.4. The second-order valence-electron chi connectivity index (χ2n) is 9.75. The predicted molar refractivity (Wildman–Crippen MR) is 165 cm³/mol. The average molecular weight is 741 g/mol. The molecule has 2 heterocycles. The SMILES string of the molecule is CCC(CC)C(=O)/C=C(\O)C(CC)CC.N#Cc1c2ccccc2cc2c(-c3[c-]c4ccccc4s3)ncnc12.[Ir]. The normalized spacial score (nSPS) is 11.4. The molecule has 0 aliphatic carbocycles. The molecule has 0 unspecified atom stereocenters. The Morgan fingerprint density at radius 3 is 2.29 bits per heavy atom. The Kier molecular flexibility index (Phi) is 11.7. The number of nitrogens with zero attached hydrogens (tertiary/aromatic N) is 3.